The highest BCUT2D eigenvalue weighted by Crippen LogP contribution is 2.49. The van der Waals surface area contributed by atoms with E-state index >= 15 is 0 Å². The van der Waals surface area contributed by atoms with E-state index in [4.69, 9.17) is 9.47 Å². The highest BCUT2D eigenvalue weighted by molar-refractivity contribution is 7.99. The van der Waals surface area contributed by atoms with Crippen LogP contribution in [0.2, 0.25) is 0 Å². The lowest BCUT2D eigenvalue weighted by Crippen LogP contribution is -2.54. The molecule has 3 aromatic rings. The first-order chi connectivity index (χ1) is 15.2. The van der Waals surface area contributed by atoms with Crippen LogP contribution in [0.1, 0.15) is 24.2 Å². The van der Waals surface area contributed by atoms with E-state index in [0.717, 1.165) is 17.5 Å². The standard InChI is InChI=1S/C23H23F3N2O3S/c1-3-32-12-22(29,23(24,25)26)21(16-6-4-9-19-20(16)31-13-30-19)28-18-8-5-7-17-15(18)11-10-14(2)27-17/h4-11,21,28-29H,3,12-13H2,1-2H3. The van der Waals surface area contributed by atoms with Crippen LogP contribution in [0.15, 0.2) is 48.5 Å². The van der Waals surface area contributed by atoms with E-state index in [0.29, 0.717) is 28.1 Å². The molecular weight excluding hydrogens is 441 g/mol. The van der Waals surface area contributed by atoms with Gasteiger partial charge in [-0.1, -0.05) is 25.1 Å². The molecule has 4 rings (SSSR count). The van der Waals surface area contributed by atoms with Crippen LogP contribution < -0.4 is 14.8 Å². The maximum atomic E-state index is 14.4. The van der Waals surface area contributed by atoms with Gasteiger partial charge in [-0.15, -0.1) is 0 Å². The van der Waals surface area contributed by atoms with Crippen LogP contribution in [0.5, 0.6) is 11.5 Å². The van der Waals surface area contributed by atoms with E-state index in [1.165, 1.54) is 6.07 Å². The van der Waals surface area contributed by atoms with E-state index in [1.54, 1.807) is 49.4 Å². The van der Waals surface area contributed by atoms with Crippen molar-refractivity contribution in [3.63, 3.8) is 0 Å². The van der Waals surface area contributed by atoms with Gasteiger partial charge in [0.1, 0.15) is 0 Å². The van der Waals surface area contributed by atoms with Gasteiger partial charge >= 0.3 is 6.18 Å². The van der Waals surface area contributed by atoms with Gasteiger partial charge in [0.05, 0.1) is 11.6 Å². The number of halogens is 3. The number of thioether (sulfide) groups is 1. The average Bonchev–Trinajstić information content (AvgIpc) is 3.24. The molecule has 0 fully saturated rings. The number of fused-ring (bicyclic) bond motifs is 2. The molecule has 1 aliphatic rings. The Morgan fingerprint density at radius 2 is 1.91 bits per heavy atom. The van der Waals surface area contributed by atoms with Crippen molar-refractivity contribution in [2.75, 3.05) is 23.6 Å². The fourth-order valence-electron chi connectivity index (χ4n) is 3.76. The van der Waals surface area contributed by atoms with Crippen LogP contribution in [-0.4, -0.2) is 40.2 Å². The zero-order chi connectivity index (χ0) is 22.9. The van der Waals surface area contributed by atoms with E-state index in [1.807, 2.05) is 6.92 Å². The summed E-state index contributed by atoms with van der Waals surface area (Å²) in [7, 11) is 0. The van der Waals surface area contributed by atoms with Crippen LogP contribution in [0.4, 0.5) is 18.9 Å². The van der Waals surface area contributed by atoms with E-state index in [2.05, 4.69) is 10.3 Å². The molecule has 0 radical (unpaired) electrons. The molecule has 2 atom stereocenters. The number of anilines is 1. The van der Waals surface area contributed by atoms with Crippen LogP contribution in [0, 0.1) is 6.92 Å². The van der Waals surface area contributed by atoms with Crippen molar-refractivity contribution in [1.82, 2.24) is 4.98 Å². The van der Waals surface area contributed by atoms with Gasteiger partial charge in [0, 0.05) is 28.1 Å². The number of pyridine rings is 1. The second-order valence-electron chi connectivity index (χ2n) is 7.54. The molecule has 5 nitrogen and oxygen atoms in total. The molecule has 1 aromatic heterocycles. The predicted molar refractivity (Wildman–Crippen MR) is 119 cm³/mol. The molecule has 0 aliphatic carbocycles. The number of nitrogens with one attached hydrogen (secondary N) is 1. The Morgan fingerprint density at radius 1 is 1.12 bits per heavy atom. The maximum Gasteiger partial charge on any atom is 0.420 e. The number of hydrogen-bond acceptors (Lipinski definition) is 6. The van der Waals surface area contributed by atoms with E-state index in [9.17, 15) is 18.3 Å². The number of alkyl halides is 3. The molecule has 2 aromatic carbocycles. The smallest absolute Gasteiger partial charge is 0.420 e. The number of benzene rings is 2. The first-order valence-electron chi connectivity index (χ1n) is 10.1. The van der Waals surface area contributed by atoms with E-state index < -0.39 is 23.6 Å². The van der Waals surface area contributed by atoms with Gasteiger partial charge in [-0.2, -0.15) is 24.9 Å². The Morgan fingerprint density at radius 3 is 2.66 bits per heavy atom. The summed E-state index contributed by atoms with van der Waals surface area (Å²) in [5.41, 5.74) is -1.03. The minimum absolute atomic E-state index is 0.0926. The SMILES string of the molecule is CCSCC(O)(C(Nc1cccc2nc(C)ccc12)c1cccc2c1OCO2)C(F)(F)F. The number of ether oxygens (including phenoxy) is 2. The monoisotopic (exact) mass is 464 g/mol. The minimum atomic E-state index is -4.91. The number of para-hydroxylation sites is 1. The Bertz CT molecular complexity index is 1130. The third-order valence-corrected chi connectivity index (χ3v) is 6.46. The summed E-state index contributed by atoms with van der Waals surface area (Å²) in [6.07, 6.45) is -4.91. The summed E-state index contributed by atoms with van der Waals surface area (Å²) < 4.78 is 54.1. The summed E-state index contributed by atoms with van der Waals surface area (Å²) >= 11 is 1.02. The first-order valence-corrected chi connectivity index (χ1v) is 11.3. The summed E-state index contributed by atoms with van der Waals surface area (Å²) in [4.78, 5) is 4.46. The highest BCUT2D eigenvalue weighted by Gasteiger charge is 2.59. The van der Waals surface area contributed by atoms with Gasteiger partial charge in [0.25, 0.3) is 0 Å². The number of nitrogens with zero attached hydrogens (tertiary/aromatic N) is 1. The number of hydrogen-bond donors (Lipinski definition) is 2. The lowest BCUT2D eigenvalue weighted by Gasteiger charge is -2.39. The van der Waals surface area contributed by atoms with Crippen LogP contribution >= 0.6 is 11.8 Å². The van der Waals surface area contributed by atoms with Crippen LogP contribution in [-0.2, 0) is 0 Å². The Labute approximate surface area is 187 Å². The third-order valence-electron chi connectivity index (χ3n) is 5.40. The van der Waals surface area contributed by atoms with Crippen molar-refractivity contribution >= 4 is 28.4 Å². The highest BCUT2D eigenvalue weighted by atomic mass is 32.2. The summed E-state index contributed by atoms with van der Waals surface area (Å²) in [6.45, 7) is 3.50. The Kier molecular flexibility index (Phi) is 6.13. The lowest BCUT2D eigenvalue weighted by molar-refractivity contribution is -0.256. The summed E-state index contributed by atoms with van der Waals surface area (Å²) in [5.74, 6) is 0.424. The molecule has 0 bridgehead atoms. The molecule has 2 heterocycles. The largest absolute Gasteiger partial charge is 0.454 e. The summed E-state index contributed by atoms with van der Waals surface area (Å²) in [5, 5.41) is 14.8. The number of rotatable bonds is 7. The molecule has 2 N–H and O–H groups in total. The fraction of sp³-hybridized carbons (Fsp3) is 0.348. The molecule has 32 heavy (non-hydrogen) atoms. The van der Waals surface area contributed by atoms with Gasteiger partial charge < -0.3 is 19.9 Å². The van der Waals surface area contributed by atoms with Gasteiger partial charge in [0.15, 0.2) is 17.1 Å². The average molecular weight is 465 g/mol. The van der Waals surface area contributed by atoms with Crippen molar-refractivity contribution in [1.29, 1.82) is 0 Å². The van der Waals surface area contributed by atoms with Crippen LogP contribution in [0.25, 0.3) is 10.9 Å². The third kappa shape index (κ3) is 4.06. The van der Waals surface area contributed by atoms with Gasteiger partial charge in [-0.25, -0.2) is 0 Å². The van der Waals surface area contributed by atoms with Crippen molar-refractivity contribution in [3.8, 4) is 11.5 Å². The molecule has 2 unspecified atom stereocenters. The van der Waals surface area contributed by atoms with Gasteiger partial charge in [-0.05, 0) is 43.0 Å². The van der Waals surface area contributed by atoms with Crippen molar-refractivity contribution in [2.24, 2.45) is 0 Å². The lowest BCUT2D eigenvalue weighted by atomic mass is 9.88. The van der Waals surface area contributed by atoms with E-state index in [-0.39, 0.29) is 18.1 Å². The van der Waals surface area contributed by atoms with Gasteiger partial charge in [0.2, 0.25) is 6.79 Å². The zero-order valence-electron chi connectivity index (χ0n) is 17.6. The topological polar surface area (TPSA) is 63.6 Å². The quantitative estimate of drug-likeness (QED) is 0.483. The second-order valence-corrected chi connectivity index (χ2v) is 8.82. The summed E-state index contributed by atoms with van der Waals surface area (Å²) in [6, 6.07) is 12.0. The molecule has 1 aliphatic heterocycles. The molecule has 0 saturated heterocycles. The second kappa shape index (κ2) is 8.71. The molecule has 170 valence electrons. The minimum Gasteiger partial charge on any atom is -0.454 e. The molecule has 0 saturated carbocycles. The first kappa shape index (κ1) is 22.5. The Balaban J connectivity index is 1.88. The van der Waals surface area contributed by atoms with Crippen LogP contribution in [0.3, 0.4) is 0 Å². The van der Waals surface area contributed by atoms with Crippen molar-refractivity contribution in [2.45, 2.75) is 31.7 Å². The molecule has 0 amide bonds. The number of aryl methyl sites for hydroxylation is 1. The van der Waals surface area contributed by atoms with Crippen molar-refractivity contribution in [3.05, 3.63) is 59.8 Å². The maximum absolute atomic E-state index is 14.4. The van der Waals surface area contributed by atoms with Crippen molar-refractivity contribution < 1.29 is 27.8 Å². The predicted octanol–water partition coefficient (Wildman–Crippen LogP) is 5.47. The fourth-order valence-corrected chi connectivity index (χ4v) is 4.60. The normalized spacial score (nSPS) is 16.1. The van der Waals surface area contributed by atoms with Gasteiger partial charge in [-0.3, -0.25) is 4.98 Å². The Hall–Kier alpha value is -2.65. The number of aliphatic hydroxyl groups is 1. The molecule has 0 spiro atoms. The molecular formula is C23H23F3N2O3S. The number of aromatic nitrogens is 1. The molecule has 9 heteroatoms. The zero-order valence-corrected chi connectivity index (χ0v) is 18.4.